The summed E-state index contributed by atoms with van der Waals surface area (Å²) in [5.74, 6) is -1.65. The van der Waals surface area contributed by atoms with Crippen molar-refractivity contribution in [1.29, 1.82) is 0 Å². The van der Waals surface area contributed by atoms with Gasteiger partial charge in [-0.05, 0) is 68.2 Å². The topological polar surface area (TPSA) is 79.3 Å². The van der Waals surface area contributed by atoms with Crippen LogP contribution in [-0.2, 0) is 9.59 Å². The van der Waals surface area contributed by atoms with E-state index >= 15 is 0 Å². The van der Waals surface area contributed by atoms with Crippen molar-refractivity contribution in [2.75, 3.05) is 39.9 Å². The Morgan fingerprint density at radius 1 is 1.09 bits per heavy atom. The zero-order chi connectivity index (χ0) is 24.9. The molecule has 2 aliphatic heterocycles. The van der Waals surface area contributed by atoms with Crippen molar-refractivity contribution in [2.45, 2.75) is 32.2 Å². The molecule has 1 N–H and O–H groups in total. The van der Waals surface area contributed by atoms with Gasteiger partial charge in [-0.2, -0.15) is 0 Å². The normalized spacial score (nSPS) is 20.0. The number of Topliss-reactive ketones (excluding diaryl/α,β-unsaturated/α-hetero) is 1. The number of ether oxygens (including phenoxy) is 2. The molecule has 2 aliphatic rings. The second kappa shape index (κ2) is 10.9. The molecule has 0 aliphatic carbocycles. The number of likely N-dealkylation sites (tertiary alicyclic amines) is 2. The molecule has 0 bridgehead atoms. The molecule has 1 atom stereocenters. The van der Waals surface area contributed by atoms with E-state index in [4.69, 9.17) is 9.47 Å². The molecule has 2 aromatic carbocycles. The lowest BCUT2D eigenvalue weighted by Gasteiger charge is -2.27. The molecule has 8 heteroatoms. The second-order valence-electron chi connectivity index (χ2n) is 8.80. The molecule has 0 radical (unpaired) electrons. The number of ketones is 1. The summed E-state index contributed by atoms with van der Waals surface area (Å²) in [4.78, 5) is 30.1. The number of carbonyl (C=O) groups is 2. The lowest BCUT2D eigenvalue weighted by atomic mass is 9.95. The van der Waals surface area contributed by atoms with Crippen LogP contribution in [0.3, 0.4) is 0 Å². The number of benzene rings is 2. The molecule has 1 unspecified atom stereocenters. The predicted molar refractivity (Wildman–Crippen MR) is 130 cm³/mol. The monoisotopic (exact) mass is 482 g/mol. The van der Waals surface area contributed by atoms with Crippen LogP contribution < -0.4 is 9.47 Å². The van der Waals surface area contributed by atoms with E-state index in [0.717, 1.165) is 38.4 Å². The van der Waals surface area contributed by atoms with Crippen molar-refractivity contribution in [3.63, 3.8) is 0 Å². The number of rotatable bonds is 9. The molecule has 2 heterocycles. The third-order valence-electron chi connectivity index (χ3n) is 6.48. The van der Waals surface area contributed by atoms with Crippen LogP contribution in [-0.4, -0.2) is 66.5 Å². The minimum atomic E-state index is -0.814. The highest BCUT2D eigenvalue weighted by Crippen LogP contribution is 2.41. The van der Waals surface area contributed by atoms with Crippen molar-refractivity contribution < 1.29 is 28.6 Å². The van der Waals surface area contributed by atoms with Crippen molar-refractivity contribution >= 4 is 17.4 Å². The van der Waals surface area contributed by atoms with Crippen molar-refractivity contribution in [2.24, 2.45) is 0 Å². The number of hydrogen-bond donors (Lipinski definition) is 1. The summed E-state index contributed by atoms with van der Waals surface area (Å²) in [7, 11) is 1.39. The van der Waals surface area contributed by atoms with Gasteiger partial charge in [0.05, 0.1) is 30.9 Å². The van der Waals surface area contributed by atoms with E-state index in [-0.39, 0.29) is 16.9 Å². The highest BCUT2D eigenvalue weighted by molar-refractivity contribution is 6.46. The summed E-state index contributed by atoms with van der Waals surface area (Å²) in [6.07, 6.45) is 3.09. The first-order valence-electron chi connectivity index (χ1n) is 12.0. The van der Waals surface area contributed by atoms with Gasteiger partial charge in [0.2, 0.25) is 0 Å². The van der Waals surface area contributed by atoms with Gasteiger partial charge in [0.1, 0.15) is 23.1 Å². The lowest BCUT2D eigenvalue weighted by molar-refractivity contribution is -0.140. The van der Waals surface area contributed by atoms with Crippen LogP contribution in [0.1, 0.15) is 43.4 Å². The van der Waals surface area contributed by atoms with Crippen LogP contribution in [0.15, 0.2) is 48.0 Å². The number of carbonyl (C=O) groups excluding carboxylic acids is 2. The standard InChI is InChI=1S/C27H31FN2O5/c1-3-16-35-20-9-6-18(7-10-20)24-23(25(31)21-17-19(28)8-11-22(21)34-2)26(32)27(33)30(24)15-14-29-12-4-5-13-29/h6-11,17,24,31H,3-5,12-16H2,1-2H3/b25-23+. The highest BCUT2D eigenvalue weighted by atomic mass is 19.1. The number of aliphatic hydroxyl groups excluding tert-OH is 1. The van der Waals surface area contributed by atoms with Gasteiger partial charge in [0.25, 0.3) is 11.7 Å². The summed E-state index contributed by atoms with van der Waals surface area (Å²) < 4.78 is 25.0. The van der Waals surface area contributed by atoms with Gasteiger partial charge in [-0.15, -0.1) is 0 Å². The summed E-state index contributed by atoms with van der Waals surface area (Å²) in [5, 5.41) is 11.2. The average Bonchev–Trinajstić information content (AvgIpc) is 3.48. The number of nitrogens with zero attached hydrogens (tertiary/aromatic N) is 2. The fourth-order valence-electron chi connectivity index (χ4n) is 4.69. The van der Waals surface area contributed by atoms with Crippen molar-refractivity contribution in [1.82, 2.24) is 9.80 Å². The van der Waals surface area contributed by atoms with Gasteiger partial charge in [0, 0.05) is 13.1 Å². The first kappa shape index (κ1) is 24.7. The van der Waals surface area contributed by atoms with Crippen LogP contribution in [0.2, 0.25) is 0 Å². The lowest BCUT2D eigenvalue weighted by Crippen LogP contribution is -2.37. The van der Waals surface area contributed by atoms with Gasteiger partial charge >= 0.3 is 0 Å². The van der Waals surface area contributed by atoms with Gasteiger partial charge in [-0.3, -0.25) is 9.59 Å². The molecule has 1 amide bonds. The second-order valence-corrected chi connectivity index (χ2v) is 8.80. The summed E-state index contributed by atoms with van der Waals surface area (Å²) in [5.41, 5.74) is 0.604. The van der Waals surface area contributed by atoms with Crippen LogP contribution >= 0.6 is 0 Å². The van der Waals surface area contributed by atoms with E-state index in [0.29, 0.717) is 31.0 Å². The third kappa shape index (κ3) is 5.17. The van der Waals surface area contributed by atoms with E-state index < -0.39 is 29.3 Å². The molecule has 2 aromatic rings. The molecule has 0 aromatic heterocycles. The summed E-state index contributed by atoms with van der Waals surface area (Å²) in [6.45, 7) is 5.47. The molecule has 7 nitrogen and oxygen atoms in total. The minimum absolute atomic E-state index is 0.0259. The van der Waals surface area contributed by atoms with E-state index in [1.165, 1.54) is 24.1 Å². The smallest absolute Gasteiger partial charge is 0.295 e. The largest absolute Gasteiger partial charge is 0.507 e. The maximum absolute atomic E-state index is 14.1. The number of aliphatic hydroxyl groups is 1. The zero-order valence-electron chi connectivity index (χ0n) is 20.1. The number of halogens is 1. The van der Waals surface area contributed by atoms with E-state index in [2.05, 4.69) is 4.90 Å². The Morgan fingerprint density at radius 2 is 1.80 bits per heavy atom. The molecule has 35 heavy (non-hydrogen) atoms. The fraction of sp³-hybridized carbons (Fsp3) is 0.407. The maximum atomic E-state index is 14.1. The molecule has 4 rings (SSSR count). The Balaban J connectivity index is 1.77. The molecule has 2 saturated heterocycles. The van der Waals surface area contributed by atoms with Crippen molar-refractivity contribution in [3.05, 3.63) is 65.0 Å². The van der Waals surface area contributed by atoms with Gasteiger partial charge in [0.15, 0.2) is 0 Å². The van der Waals surface area contributed by atoms with Crippen molar-refractivity contribution in [3.8, 4) is 11.5 Å². The predicted octanol–water partition coefficient (Wildman–Crippen LogP) is 4.14. The fourth-order valence-corrected chi connectivity index (χ4v) is 4.69. The van der Waals surface area contributed by atoms with E-state index in [9.17, 15) is 19.1 Å². The molecular weight excluding hydrogens is 451 g/mol. The Hall–Kier alpha value is -3.39. The Labute approximate surface area is 204 Å². The quantitative estimate of drug-likeness (QED) is 0.329. The maximum Gasteiger partial charge on any atom is 0.295 e. The van der Waals surface area contributed by atoms with Crippen LogP contribution in [0, 0.1) is 5.82 Å². The summed E-state index contributed by atoms with van der Waals surface area (Å²) in [6, 6.07) is 10.0. The molecule has 186 valence electrons. The zero-order valence-corrected chi connectivity index (χ0v) is 20.1. The minimum Gasteiger partial charge on any atom is -0.507 e. The Morgan fingerprint density at radius 3 is 2.46 bits per heavy atom. The van der Waals surface area contributed by atoms with Crippen LogP contribution in [0.25, 0.3) is 5.76 Å². The Kier molecular flexibility index (Phi) is 7.70. The van der Waals surface area contributed by atoms with Gasteiger partial charge in [-0.1, -0.05) is 19.1 Å². The molecule has 2 fully saturated rings. The van der Waals surface area contributed by atoms with Gasteiger partial charge < -0.3 is 24.4 Å². The third-order valence-corrected chi connectivity index (χ3v) is 6.48. The van der Waals surface area contributed by atoms with Gasteiger partial charge in [-0.25, -0.2) is 4.39 Å². The number of methoxy groups -OCH3 is 1. The number of hydrogen-bond acceptors (Lipinski definition) is 6. The highest BCUT2D eigenvalue weighted by Gasteiger charge is 2.46. The Bertz CT molecular complexity index is 1110. The SMILES string of the molecule is CCCOc1ccc(C2/C(=C(\O)c3cc(F)ccc3OC)C(=O)C(=O)N2CCN2CCCC2)cc1. The molecular formula is C27H31FN2O5. The number of amides is 1. The average molecular weight is 483 g/mol. The van der Waals surface area contributed by atoms with E-state index in [1.54, 1.807) is 24.3 Å². The first-order valence-corrected chi connectivity index (χ1v) is 12.0. The molecule has 0 spiro atoms. The van der Waals surface area contributed by atoms with Crippen LogP contribution in [0.4, 0.5) is 4.39 Å². The molecule has 0 saturated carbocycles. The summed E-state index contributed by atoms with van der Waals surface area (Å²) >= 11 is 0. The first-order chi connectivity index (χ1) is 16.9. The van der Waals surface area contributed by atoms with Crippen LogP contribution in [0.5, 0.6) is 11.5 Å². The van der Waals surface area contributed by atoms with E-state index in [1.807, 2.05) is 6.92 Å².